The van der Waals surface area contributed by atoms with Crippen molar-refractivity contribution in [3.8, 4) is 39.5 Å². The fraction of sp³-hybridized carbons (Fsp3) is 0.231. The second kappa shape index (κ2) is 10.1. The number of hydrogen-bond acceptors (Lipinski definition) is 5. The second-order valence-electron chi connectivity index (χ2n) is 7.92. The van der Waals surface area contributed by atoms with Gasteiger partial charge in [-0.3, -0.25) is 0 Å². The van der Waals surface area contributed by atoms with Crippen molar-refractivity contribution in [1.82, 2.24) is 0 Å². The van der Waals surface area contributed by atoms with Crippen molar-refractivity contribution in [2.24, 2.45) is 0 Å². The van der Waals surface area contributed by atoms with Crippen LogP contribution in [0.5, 0.6) is 17.2 Å². The summed E-state index contributed by atoms with van der Waals surface area (Å²) in [7, 11) is -2.02. The molecule has 7 heteroatoms. The first kappa shape index (κ1) is 24.3. The van der Waals surface area contributed by atoms with Crippen LogP contribution in [0.1, 0.15) is 19.4 Å². The van der Waals surface area contributed by atoms with E-state index in [9.17, 15) is 12.8 Å². The monoisotopic (exact) mass is 470 g/mol. The molecule has 0 amide bonds. The van der Waals surface area contributed by atoms with Gasteiger partial charge in [-0.1, -0.05) is 23.8 Å². The highest BCUT2D eigenvalue weighted by Gasteiger charge is 2.14. The molecule has 3 aromatic carbocycles. The van der Waals surface area contributed by atoms with Gasteiger partial charge in [0.05, 0.1) is 13.4 Å². The van der Waals surface area contributed by atoms with Gasteiger partial charge in [-0.2, -0.15) is 8.42 Å². The number of hydrogen-bond donors (Lipinski definition) is 0. The summed E-state index contributed by atoms with van der Waals surface area (Å²) in [5, 5.41) is 0. The second-order valence-corrected chi connectivity index (χ2v) is 9.49. The van der Waals surface area contributed by atoms with Crippen molar-refractivity contribution in [2.75, 3.05) is 20.0 Å². The molecule has 5 nitrogen and oxygen atoms in total. The van der Waals surface area contributed by atoms with Crippen LogP contribution in [0.2, 0.25) is 0 Å². The molecule has 0 spiro atoms. The van der Waals surface area contributed by atoms with Gasteiger partial charge in [0.15, 0.2) is 11.6 Å². The zero-order valence-corrected chi connectivity index (χ0v) is 20.1. The molecule has 0 saturated heterocycles. The lowest BCUT2D eigenvalue weighted by atomic mass is 9.94. The summed E-state index contributed by atoms with van der Waals surface area (Å²) in [6, 6.07) is 15.4. The van der Waals surface area contributed by atoms with Crippen molar-refractivity contribution < 1.29 is 26.5 Å². The van der Waals surface area contributed by atoms with Gasteiger partial charge in [-0.05, 0) is 85.5 Å². The van der Waals surface area contributed by atoms with Crippen LogP contribution < -0.4 is 13.7 Å². The minimum Gasteiger partial charge on any atom is -0.496 e. The van der Waals surface area contributed by atoms with E-state index in [-0.39, 0.29) is 11.5 Å². The maximum atomic E-state index is 14.7. The van der Waals surface area contributed by atoms with Crippen LogP contribution in [-0.2, 0) is 10.1 Å². The first-order chi connectivity index (χ1) is 15.6. The Morgan fingerprint density at radius 2 is 1.61 bits per heavy atom. The van der Waals surface area contributed by atoms with E-state index in [0.29, 0.717) is 17.9 Å². The van der Waals surface area contributed by atoms with Crippen molar-refractivity contribution >= 4 is 10.1 Å². The number of methoxy groups -OCH3 is 1. The molecule has 0 fully saturated rings. The molecule has 174 valence electrons. The van der Waals surface area contributed by atoms with E-state index >= 15 is 0 Å². The molecule has 0 radical (unpaired) electrons. The van der Waals surface area contributed by atoms with E-state index in [2.05, 4.69) is 0 Å². The van der Waals surface area contributed by atoms with Crippen molar-refractivity contribution in [3.63, 3.8) is 0 Å². The maximum absolute atomic E-state index is 14.7. The fourth-order valence-electron chi connectivity index (χ4n) is 3.34. The van der Waals surface area contributed by atoms with Gasteiger partial charge in [0.25, 0.3) is 0 Å². The lowest BCUT2D eigenvalue weighted by Gasteiger charge is -2.15. The zero-order chi connectivity index (χ0) is 24.2. The van der Waals surface area contributed by atoms with E-state index < -0.39 is 15.9 Å². The largest absolute Gasteiger partial charge is 0.496 e. The summed E-state index contributed by atoms with van der Waals surface area (Å²) in [5.74, 6) is 0.578. The molecule has 0 aromatic heterocycles. The molecular formula is C26H27FO5S. The minimum absolute atomic E-state index is 0.194. The minimum atomic E-state index is -3.59. The highest BCUT2D eigenvalue weighted by Crippen LogP contribution is 2.38. The first-order valence-corrected chi connectivity index (χ1v) is 12.1. The average molecular weight is 471 g/mol. The third-order valence-electron chi connectivity index (χ3n) is 4.93. The number of aryl methyl sites for hydroxylation is 1. The number of ether oxygens (including phenoxy) is 2. The smallest absolute Gasteiger partial charge is 0.306 e. The summed E-state index contributed by atoms with van der Waals surface area (Å²) < 4.78 is 53.3. The SMILES string of the molecule is COc1cc(-c2ccc(OS(C)(=O)=O)cc2)c(C)cc1-c1ccc(OCC=C(C)C)c(F)c1. The highest BCUT2D eigenvalue weighted by atomic mass is 32.2. The predicted molar refractivity (Wildman–Crippen MR) is 129 cm³/mol. The van der Waals surface area contributed by atoms with Gasteiger partial charge in [0.1, 0.15) is 18.1 Å². The lowest BCUT2D eigenvalue weighted by Crippen LogP contribution is -2.05. The predicted octanol–water partition coefficient (Wildman–Crippen LogP) is 6.16. The van der Waals surface area contributed by atoms with Gasteiger partial charge >= 0.3 is 10.1 Å². The maximum Gasteiger partial charge on any atom is 0.306 e. The molecule has 0 unspecified atom stereocenters. The van der Waals surface area contributed by atoms with E-state index in [1.165, 1.54) is 6.07 Å². The zero-order valence-electron chi connectivity index (χ0n) is 19.3. The van der Waals surface area contributed by atoms with E-state index in [0.717, 1.165) is 34.1 Å². The number of allylic oxidation sites excluding steroid dienone is 1. The van der Waals surface area contributed by atoms with E-state index in [1.54, 1.807) is 43.5 Å². The molecule has 0 aliphatic rings. The van der Waals surface area contributed by atoms with Gasteiger partial charge in [0.2, 0.25) is 0 Å². The van der Waals surface area contributed by atoms with E-state index in [4.69, 9.17) is 13.7 Å². The van der Waals surface area contributed by atoms with Gasteiger partial charge in [-0.25, -0.2) is 4.39 Å². The topological polar surface area (TPSA) is 61.8 Å². The summed E-state index contributed by atoms with van der Waals surface area (Å²) >= 11 is 0. The van der Waals surface area contributed by atoms with Gasteiger partial charge < -0.3 is 13.7 Å². The Morgan fingerprint density at radius 3 is 2.18 bits per heavy atom. The normalized spacial score (nSPS) is 11.1. The quantitative estimate of drug-likeness (QED) is 0.291. The van der Waals surface area contributed by atoms with Gasteiger partial charge in [0, 0.05) is 5.56 Å². The van der Waals surface area contributed by atoms with E-state index in [1.807, 2.05) is 39.0 Å². The Labute approximate surface area is 194 Å². The molecule has 0 N–H and O–H groups in total. The van der Waals surface area contributed by atoms with Crippen LogP contribution in [-0.4, -0.2) is 28.4 Å². The lowest BCUT2D eigenvalue weighted by molar-refractivity contribution is 0.341. The van der Waals surface area contributed by atoms with Crippen molar-refractivity contribution in [1.29, 1.82) is 0 Å². The highest BCUT2D eigenvalue weighted by molar-refractivity contribution is 7.86. The standard InChI is InChI=1S/C26H27FO5S/c1-17(2)12-13-31-25-11-8-20(15-24(25)27)23-14-18(3)22(16-26(23)30-4)19-6-9-21(10-7-19)32-33(5,28)29/h6-12,14-16H,13H2,1-5H3. The molecule has 0 bridgehead atoms. The van der Waals surface area contributed by atoms with Crippen LogP contribution in [0.3, 0.4) is 0 Å². The molecule has 0 saturated carbocycles. The third-order valence-corrected chi connectivity index (χ3v) is 5.43. The Kier molecular flexibility index (Phi) is 7.43. The number of halogens is 1. The Balaban J connectivity index is 1.92. The Bertz CT molecular complexity index is 1270. The molecule has 0 aliphatic carbocycles. The Hall–Kier alpha value is -3.32. The van der Waals surface area contributed by atoms with Crippen LogP contribution in [0.25, 0.3) is 22.3 Å². The number of benzene rings is 3. The van der Waals surface area contributed by atoms with Crippen LogP contribution in [0.4, 0.5) is 4.39 Å². The van der Waals surface area contributed by atoms with Crippen molar-refractivity contribution in [3.05, 3.63) is 77.6 Å². The first-order valence-electron chi connectivity index (χ1n) is 10.3. The summed E-state index contributed by atoms with van der Waals surface area (Å²) in [6.07, 6.45) is 2.89. The third kappa shape index (κ3) is 6.35. The summed E-state index contributed by atoms with van der Waals surface area (Å²) in [5.41, 5.74) is 5.25. The van der Waals surface area contributed by atoms with Crippen LogP contribution in [0, 0.1) is 12.7 Å². The molecule has 0 heterocycles. The van der Waals surface area contributed by atoms with Crippen LogP contribution in [0.15, 0.2) is 66.2 Å². The van der Waals surface area contributed by atoms with Crippen molar-refractivity contribution in [2.45, 2.75) is 20.8 Å². The molecule has 33 heavy (non-hydrogen) atoms. The van der Waals surface area contributed by atoms with Gasteiger partial charge in [-0.15, -0.1) is 0 Å². The molecule has 3 aromatic rings. The molecule has 0 aliphatic heterocycles. The molecule has 3 rings (SSSR count). The summed E-state index contributed by atoms with van der Waals surface area (Å²) in [4.78, 5) is 0. The summed E-state index contributed by atoms with van der Waals surface area (Å²) in [6.45, 7) is 6.17. The number of rotatable bonds is 8. The Morgan fingerprint density at radius 1 is 0.939 bits per heavy atom. The fourth-order valence-corrected chi connectivity index (χ4v) is 3.80. The van der Waals surface area contributed by atoms with Crippen LogP contribution >= 0.6 is 0 Å². The molecule has 0 atom stereocenters. The average Bonchev–Trinajstić information content (AvgIpc) is 2.74. The molecular weight excluding hydrogens is 443 g/mol.